The number of para-hydroxylation sites is 1. The van der Waals surface area contributed by atoms with E-state index in [4.69, 9.17) is 24.0 Å². The second kappa shape index (κ2) is 11.7. The maximum atomic E-state index is 10.6. The molecule has 2 heterocycles. The molecule has 0 saturated heterocycles. The van der Waals surface area contributed by atoms with Crippen LogP contribution in [0.3, 0.4) is 0 Å². The van der Waals surface area contributed by atoms with Gasteiger partial charge in [-0.3, -0.25) is 0 Å². The van der Waals surface area contributed by atoms with Gasteiger partial charge in [0.25, 0.3) is 0 Å². The molecule has 0 saturated carbocycles. The third-order valence-corrected chi connectivity index (χ3v) is 8.67. The summed E-state index contributed by atoms with van der Waals surface area (Å²) in [4.78, 5) is 14.6. The smallest absolute Gasteiger partial charge is 0.331 e. The SMILES string of the molecule is CC(C)(O)C(C)(C)O[B]c1ccc(-c2ccc(-c3nc(-c4ccccc4)nc(-c4ccccc4)n3)cc2)c2oc3ccccc3c12. The minimum absolute atomic E-state index is 0.602. The number of hydrogen-bond donors (Lipinski definition) is 1. The van der Waals surface area contributed by atoms with Gasteiger partial charge in [0.2, 0.25) is 0 Å². The van der Waals surface area contributed by atoms with E-state index in [2.05, 4.69) is 24.3 Å². The second-order valence-corrected chi connectivity index (χ2v) is 12.4. The fourth-order valence-corrected chi connectivity index (χ4v) is 5.27. The van der Waals surface area contributed by atoms with Crippen molar-refractivity contribution in [1.82, 2.24) is 15.0 Å². The zero-order valence-electron chi connectivity index (χ0n) is 26.2. The van der Waals surface area contributed by atoms with Crippen molar-refractivity contribution in [3.63, 3.8) is 0 Å². The summed E-state index contributed by atoms with van der Waals surface area (Å²) in [5.74, 6) is 1.85. The molecule has 46 heavy (non-hydrogen) atoms. The number of fused-ring (bicyclic) bond motifs is 3. The molecule has 0 spiro atoms. The predicted octanol–water partition coefficient (Wildman–Crippen LogP) is 8.25. The van der Waals surface area contributed by atoms with E-state index in [1.165, 1.54) is 0 Å². The van der Waals surface area contributed by atoms with Crippen LogP contribution in [0.15, 0.2) is 126 Å². The minimum Gasteiger partial charge on any atom is -0.455 e. The van der Waals surface area contributed by atoms with Crippen molar-refractivity contribution in [2.45, 2.75) is 38.9 Å². The van der Waals surface area contributed by atoms with Crippen LogP contribution in [0.2, 0.25) is 0 Å². The molecule has 7 aromatic rings. The Bertz CT molecular complexity index is 2100. The van der Waals surface area contributed by atoms with Gasteiger partial charge >= 0.3 is 7.48 Å². The Kier molecular flexibility index (Phi) is 7.51. The summed E-state index contributed by atoms with van der Waals surface area (Å²) in [5.41, 5.74) is 5.31. The monoisotopic (exact) mass is 602 g/mol. The molecule has 2 aromatic heterocycles. The van der Waals surface area contributed by atoms with Gasteiger partial charge in [0, 0.05) is 33.0 Å². The maximum Gasteiger partial charge on any atom is 0.331 e. The Morgan fingerprint density at radius 1 is 0.587 bits per heavy atom. The lowest BCUT2D eigenvalue weighted by atomic mass is 9.79. The number of furan rings is 1. The quantitative estimate of drug-likeness (QED) is 0.177. The zero-order valence-corrected chi connectivity index (χ0v) is 26.2. The number of aliphatic hydroxyl groups is 1. The predicted molar refractivity (Wildman–Crippen MR) is 186 cm³/mol. The maximum absolute atomic E-state index is 10.6. The first-order chi connectivity index (χ1) is 22.2. The van der Waals surface area contributed by atoms with E-state index >= 15 is 0 Å². The molecule has 0 amide bonds. The zero-order chi connectivity index (χ0) is 31.9. The fraction of sp³-hybridized carbons (Fsp3) is 0.154. The van der Waals surface area contributed by atoms with E-state index in [1.54, 1.807) is 21.3 Å². The third kappa shape index (κ3) is 5.60. The fourth-order valence-electron chi connectivity index (χ4n) is 5.27. The molecule has 0 unspecified atom stereocenters. The summed E-state index contributed by atoms with van der Waals surface area (Å²) in [6.07, 6.45) is 0. The summed E-state index contributed by atoms with van der Waals surface area (Å²) in [5, 5.41) is 12.6. The van der Waals surface area contributed by atoms with E-state index in [-0.39, 0.29) is 0 Å². The molecule has 0 bridgehead atoms. The number of benzene rings is 5. The van der Waals surface area contributed by atoms with Crippen LogP contribution in [0.25, 0.3) is 67.2 Å². The molecule has 1 radical (unpaired) electrons. The lowest BCUT2D eigenvalue weighted by molar-refractivity contribution is -0.0893. The van der Waals surface area contributed by atoms with Gasteiger partial charge in [0.15, 0.2) is 17.5 Å². The Hall–Kier alpha value is -5.11. The molecule has 7 rings (SSSR count). The van der Waals surface area contributed by atoms with Crippen molar-refractivity contribution in [1.29, 1.82) is 0 Å². The number of hydrogen-bond acceptors (Lipinski definition) is 6. The van der Waals surface area contributed by atoms with Crippen LogP contribution >= 0.6 is 0 Å². The summed E-state index contributed by atoms with van der Waals surface area (Å²) < 4.78 is 12.6. The van der Waals surface area contributed by atoms with Crippen LogP contribution in [-0.2, 0) is 4.65 Å². The molecular formula is C39H33BN3O3. The van der Waals surface area contributed by atoms with E-state index in [0.29, 0.717) is 17.5 Å². The molecule has 0 aliphatic heterocycles. The van der Waals surface area contributed by atoms with Gasteiger partial charge in [0.1, 0.15) is 11.2 Å². The number of rotatable bonds is 8. The summed E-state index contributed by atoms with van der Waals surface area (Å²) >= 11 is 0. The summed E-state index contributed by atoms with van der Waals surface area (Å²) in [6.45, 7) is 7.25. The van der Waals surface area contributed by atoms with Crippen molar-refractivity contribution < 1.29 is 14.2 Å². The molecule has 7 heteroatoms. The summed E-state index contributed by atoms with van der Waals surface area (Å²) in [6, 6.07) is 40.3. The molecule has 6 nitrogen and oxygen atoms in total. The standard InChI is InChI=1S/C39H33BN3O3/c1-38(2,44)39(3,4)46-40-31-24-23-29(34-33(31)30-17-11-12-18-32(30)45-34)25-19-21-28(22-20-25)37-42-35(26-13-7-5-8-14-26)41-36(43-37)27-15-9-6-10-16-27/h5-24,44H,1-4H3. The van der Waals surface area contributed by atoms with Crippen LogP contribution in [0.4, 0.5) is 0 Å². The highest BCUT2D eigenvalue weighted by Crippen LogP contribution is 2.36. The Labute approximate surface area is 269 Å². The van der Waals surface area contributed by atoms with Crippen molar-refractivity contribution in [2.75, 3.05) is 0 Å². The van der Waals surface area contributed by atoms with Gasteiger partial charge in [-0.15, -0.1) is 0 Å². The lowest BCUT2D eigenvalue weighted by Crippen LogP contribution is -2.49. The molecule has 0 aliphatic rings. The number of aromatic nitrogens is 3. The van der Waals surface area contributed by atoms with Gasteiger partial charge < -0.3 is 14.2 Å². The largest absolute Gasteiger partial charge is 0.455 e. The Balaban J connectivity index is 1.29. The molecule has 0 aliphatic carbocycles. The first-order valence-electron chi connectivity index (χ1n) is 15.3. The first kappa shape index (κ1) is 29.6. The summed E-state index contributed by atoms with van der Waals surface area (Å²) in [7, 11) is 1.73. The molecule has 5 aromatic carbocycles. The van der Waals surface area contributed by atoms with E-state index in [9.17, 15) is 5.11 Å². The van der Waals surface area contributed by atoms with Gasteiger partial charge in [-0.05, 0) is 44.8 Å². The van der Waals surface area contributed by atoms with Crippen LogP contribution in [0.5, 0.6) is 0 Å². The van der Waals surface area contributed by atoms with E-state index < -0.39 is 11.2 Å². The normalized spacial score (nSPS) is 12.1. The molecular weight excluding hydrogens is 569 g/mol. The second-order valence-electron chi connectivity index (χ2n) is 12.4. The topological polar surface area (TPSA) is 81.3 Å². The Morgan fingerprint density at radius 2 is 1.09 bits per heavy atom. The first-order valence-corrected chi connectivity index (χ1v) is 15.3. The van der Waals surface area contributed by atoms with E-state index in [1.807, 2.05) is 111 Å². The van der Waals surface area contributed by atoms with Gasteiger partial charge in [-0.1, -0.05) is 115 Å². The van der Waals surface area contributed by atoms with E-state index in [0.717, 1.165) is 55.2 Å². The molecule has 225 valence electrons. The van der Waals surface area contributed by atoms with Crippen LogP contribution < -0.4 is 5.46 Å². The van der Waals surface area contributed by atoms with Crippen molar-refractivity contribution in [3.8, 4) is 45.3 Å². The molecule has 0 fully saturated rings. The van der Waals surface area contributed by atoms with Gasteiger partial charge in [-0.2, -0.15) is 0 Å². The highest BCUT2D eigenvalue weighted by molar-refractivity contribution is 6.53. The molecule has 1 N–H and O–H groups in total. The average Bonchev–Trinajstić information content (AvgIpc) is 3.47. The van der Waals surface area contributed by atoms with Crippen LogP contribution in [-0.4, -0.2) is 38.7 Å². The van der Waals surface area contributed by atoms with Gasteiger partial charge in [-0.25, -0.2) is 15.0 Å². The van der Waals surface area contributed by atoms with Crippen molar-refractivity contribution in [3.05, 3.63) is 121 Å². The number of nitrogens with zero attached hydrogens (tertiary/aromatic N) is 3. The van der Waals surface area contributed by atoms with Crippen molar-refractivity contribution >= 4 is 34.9 Å². The lowest BCUT2D eigenvalue weighted by Gasteiger charge is -2.37. The Morgan fingerprint density at radius 3 is 1.65 bits per heavy atom. The average molecular weight is 603 g/mol. The van der Waals surface area contributed by atoms with Crippen LogP contribution in [0.1, 0.15) is 27.7 Å². The highest BCUT2D eigenvalue weighted by Gasteiger charge is 2.36. The minimum atomic E-state index is -1.04. The van der Waals surface area contributed by atoms with Crippen molar-refractivity contribution in [2.24, 2.45) is 0 Å². The van der Waals surface area contributed by atoms with Crippen LogP contribution in [0, 0.1) is 0 Å². The third-order valence-electron chi connectivity index (χ3n) is 8.67. The van der Waals surface area contributed by atoms with Gasteiger partial charge in [0.05, 0.1) is 11.2 Å². The molecule has 0 atom stereocenters. The highest BCUT2D eigenvalue weighted by atomic mass is 16.5.